The molecular weight excluding hydrogens is 141 g/mol. The van der Waals surface area contributed by atoms with E-state index in [2.05, 4.69) is 0 Å². The Balaban J connectivity index is 3.83. The van der Waals surface area contributed by atoms with E-state index in [9.17, 15) is 14.0 Å². The highest BCUT2D eigenvalue weighted by atomic mass is 19.1. The molecule has 0 rings (SSSR count). The summed E-state index contributed by atoms with van der Waals surface area (Å²) in [5, 5.41) is 9.75. The molecule has 0 aliphatic rings. The third-order valence-electron chi connectivity index (χ3n) is 0.980. The van der Waals surface area contributed by atoms with Gasteiger partial charge in [-0.25, -0.2) is 4.79 Å². The predicted octanol–water partition coefficient (Wildman–Crippen LogP) is 0.529. The highest BCUT2D eigenvalue weighted by Gasteiger charge is 2.16. The van der Waals surface area contributed by atoms with Gasteiger partial charge in [-0.15, -0.1) is 0 Å². The quantitative estimate of drug-likeness (QED) is 0.575. The largest absolute Gasteiger partial charge is 0.465 e. The van der Waals surface area contributed by atoms with Gasteiger partial charge in [-0.3, -0.25) is 4.79 Å². The van der Waals surface area contributed by atoms with Crippen LogP contribution in [0, 0.1) is 0 Å². The van der Waals surface area contributed by atoms with Crippen molar-refractivity contribution in [2.75, 3.05) is 0 Å². The lowest BCUT2D eigenvalue weighted by Gasteiger charge is -2.06. The zero-order chi connectivity index (χ0) is 8.15. The molecule has 0 fully saturated rings. The Kier molecular flexibility index (Phi) is 3.38. The lowest BCUT2D eigenvalue weighted by atomic mass is 10.2. The van der Waals surface area contributed by atoms with Crippen molar-refractivity contribution < 1.29 is 19.1 Å². The number of carbonyl (C=O) groups is 2. The molecule has 0 saturated carbocycles. The molecule has 0 bridgehead atoms. The molecule has 0 heterocycles. The molecule has 1 atom stereocenters. The number of carbonyl (C=O) groups excluding carboxylic acids is 1. The molecule has 10 heavy (non-hydrogen) atoms. The van der Waals surface area contributed by atoms with Gasteiger partial charge in [0.15, 0.2) is 0 Å². The third kappa shape index (κ3) is 3.01. The summed E-state index contributed by atoms with van der Waals surface area (Å²) in [4.78, 5) is 19.8. The molecule has 0 aromatic heterocycles. The maximum Gasteiger partial charge on any atom is 0.405 e. The minimum atomic E-state index is -1.65. The first-order chi connectivity index (χ1) is 4.57. The molecule has 5 heteroatoms. The van der Waals surface area contributed by atoms with Crippen LogP contribution in [-0.4, -0.2) is 23.3 Å². The molecule has 0 aromatic carbocycles. The van der Waals surface area contributed by atoms with Crippen LogP contribution in [-0.2, 0) is 4.79 Å². The Labute approximate surface area is 57.0 Å². The second-order valence-corrected chi connectivity index (χ2v) is 1.71. The van der Waals surface area contributed by atoms with E-state index in [1.54, 1.807) is 5.32 Å². The summed E-state index contributed by atoms with van der Waals surface area (Å²) in [6.07, 6.45) is -1.26. The first-order valence-corrected chi connectivity index (χ1v) is 2.76. The van der Waals surface area contributed by atoms with Gasteiger partial charge in [0.25, 0.3) is 0 Å². The Morgan fingerprint density at radius 3 is 2.30 bits per heavy atom. The average Bonchev–Trinajstić information content (AvgIpc) is 1.81. The topological polar surface area (TPSA) is 66.4 Å². The van der Waals surface area contributed by atoms with Crippen LogP contribution in [0.2, 0.25) is 0 Å². The van der Waals surface area contributed by atoms with Gasteiger partial charge < -0.3 is 10.4 Å². The first kappa shape index (κ1) is 8.87. The van der Waals surface area contributed by atoms with Gasteiger partial charge in [0.2, 0.25) is 0 Å². The van der Waals surface area contributed by atoms with E-state index in [0.29, 0.717) is 0 Å². The molecule has 0 aliphatic heterocycles. The summed E-state index contributed by atoms with van der Waals surface area (Å²) in [5.74, 6) is 0. The van der Waals surface area contributed by atoms with E-state index < -0.39 is 18.2 Å². The Bertz CT molecular complexity index is 148. The van der Waals surface area contributed by atoms with Crippen molar-refractivity contribution >= 4 is 12.1 Å². The molecule has 0 spiro atoms. The van der Waals surface area contributed by atoms with Crippen LogP contribution < -0.4 is 5.32 Å². The minimum absolute atomic E-state index is 0.127. The molecule has 0 radical (unpaired) electrons. The summed E-state index contributed by atoms with van der Waals surface area (Å²) < 4.78 is 11.8. The zero-order valence-electron chi connectivity index (χ0n) is 5.43. The summed E-state index contributed by atoms with van der Waals surface area (Å²) in [6.45, 7) is 1.51. The van der Waals surface area contributed by atoms with Crippen molar-refractivity contribution in [3.63, 3.8) is 0 Å². The van der Waals surface area contributed by atoms with Crippen LogP contribution in [0.25, 0.3) is 0 Å². The second-order valence-electron chi connectivity index (χ2n) is 1.71. The Morgan fingerprint density at radius 2 is 2.20 bits per heavy atom. The predicted molar refractivity (Wildman–Crippen MR) is 31.4 cm³/mol. The second kappa shape index (κ2) is 3.81. The molecule has 1 amide bonds. The van der Waals surface area contributed by atoms with E-state index >= 15 is 0 Å². The van der Waals surface area contributed by atoms with Crippen LogP contribution in [0.15, 0.2) is 0 Å². The zero-order valence-corrected chi connectivity index (χ0v) is 5.43. The van der Waals surface area contributed by atoms with Gasteiger partial charge in [-0.1, -0.05) is 6.92 Å². The average molecular weight is 149 g/mol. The van der Waals surface area contributed by atoms with Crippen molar-refractivity contribution in [1.82, 2.24) is 5.32 Å². The number of carboxylic acid groups (broad SMARTS) is 1. The van der Waals surface area contributed by atoms with Crippen LogP contribution in [0.3, 0.4) is 0 Å². The van der Waals surface area contributed by atoms with Crippen LogP contribution >= 0.6 is 0 Å². The molecular formula is C5H8FNO3. The van der Waals surface area contributed by atoms with Gasteiger partial charge in [-0.2, -0.15) is 4.39 Å². The first-order valence-electron chi connectivity index (χ1n) is 2.76. The highest BCUT2D eigenvalue weighted by molar-refractivity contribution is 5.79. The molecule has 0 saturated heterocycles. The summed E-state index contributed by atoms with van der Waals surface area (Å²) in [7, 11) is 0. The molecule has 0 aliphatic carbocycles. The van der Waals surface area contributed by atoms with Crippen LogP contribution in [0.1, 0.15) is 13.3 Å². The minimum Gasteiger partial charge on any atom is -0.465 e. The Morgan fingerprint density at radius 1 is 1.70 bits per heavy atom. The lowest BCUT2D eigenvalue weighted by molar-refractivity contribution is -0.131. The molecule has 4 nitrogen and oxygen atoms in total. The maximum absolute atomic E-state index is 11.8. The molecule has 58 valence electrons. The van der Waals surface area contributed by atoms with E-state index in [1.807, 2.05) is 0 Å². The van der Waals surface area contributed by atoms with Crippen molar-refractivity contribution in [3.8, 4) is 0 Å². The fraction of sp³-hybridized carbons (Fsp3) is 0.600. The Hall–Kier alpha value is -1.13. The van der Waals surface area contributed by atoms with Crippen molar-refractivity contribution in [2.45, 2.75) is 19.4 Å². The van der Waals surface area contributed by atoms with Gasteiger partial charge in [0.1, 0.15) is 6.04 Å². The lowest BCUT2D eigenvalue weighted by Crippen LogP contribution is -2.37. The number of hydrogen-bond acceptors (Lipinski definition) is 2. The smallest absolute Gasteiger partial charge is 0.405 e. The van der Waals surface area contributed by atoms with Gasteiger partial charge in [-0.05, 0) is 6.42 Å². The van der Waals surface area contributed by atoms with E-state index in [1.165, 1.54) is 6.92 Å². The number of hydrogen-bond donors (Lipinski definition) is 2. The van der Waals surface area contributed by atoms with Crippen molar-refractivity contribution in [3.05, 3.63) is 0 Å². The highest BCUT2D eigenvalue weighted by Crippen LogP contribution is 1.92. The van der Waals surface area contributed by atoms with Gasteiger partial charge >= 0.3 is 12.1 Å². The third-order valence-corrected chi connectivity index (χ3v) is 0.980. The standard InChI is InChI=1S/C5H8FNO3/c1-2-3(4(6)8)7-5(9)10/h3,7H,2H2,1H3,(H,9,10). The number of nitrogens with one attached hydrogen (secondary N) is 1. The molecule has 1 unspecified atom stereocenters. The van der Waals surface area contributed by atoms with Crippen molar-refractivity contribution in [1.29, 1.82) is 0 Å². The number of halogens is 1. The van der Waals surface area contributed by atoms with Crippen LogP contribution in [0.5, 0.6) is 0 Å². The fourth-order valence-corrected chi connectivity index (χ4v) is 0.468. The summed E-state index contributed by atoms with van der Waals surface area (Å²) in [5.41, 5.74) is 0. The number of rotatable bonds is 3. The number of amides is 1. The van der Waals surface area contributed by atoms with Crippen LogP contribution in [0.4, 0.5) is 9.18 Å². The van der Waals surface area contributed by atoms with E-state index in [-0.39, 0.29) is 6.42 Å². The van der Waals surface area contributed by atoms with Crippen molar-refractivity contribution in [2.24, 2.45) is 0 Å². The van der Waals surface area contributed by atoms with Gasteiger partial charge in [0, 0.05) is 0 Å². The molecule has 2 N–H and O–H groups in total. The fourth-order valence-electron chi connectivity index (χ4n) is 0.468. The maximum atomic E-state index is 11.8. The van der Waals surface area contributed by atoms with E-state index in [0.717, 1.165) is 0 Å². The molecule has 0 aromatic rings. The monoisotopic (exact) mass is 149 g/mol. The summed E-state index contributed by atoms with van der Waals surface area (Å²) in [6, 6.07) is -2.86. The SMILES string of the molecule is CCC(NC(=O)O)C(=O)F. The summed E-state index contributed by atoms with van der Waals surface area (Å²) >= 11 is 0. The van der Waals surface area contributed by atoms with Gasteiger partial charge in [0.05, 0.1) is 0 Å². The van der Waals surface area contributed by atoms with E-state index in [4.69, 9.17) is 5.11 Å². The normalized spacial score (nSPS) is 12.2.